The summed E-state index contributed by atoms with van der Waals surface area (Å²) >= 11 is 12.6. The summed E-state index contributed by atoms with van der Waals surface area (Å²) in [5.41, 5.74) is 1.04. The van der Waals surface area contributed by atoms with Gasteiger partial charge in [0.1, 0.15) is 12.6 Å². The standard InChI is InChI=1S/C31H33Cl2F2N3O4S/c1-43(41,42)38(25-14-15-27(34)28(35)18-25)20-30(39)37(19-22-12-13-23(32)17-26(22)33)29(16-21-8-4-2-5-9-21)31(40)36-24-10-6-3-7-11-24/h2,4-5,8-9,12-15,17-18,24,29H,3,6-7,10-11,16,19-20H2,1H3,(H,36,40). The molecule has 0 spiro atoms. The van der Waals surface area contributed by atoms with Crippen LogP contribution in [-0.4, -0.2) is 50.0 Å². The molecule has 0 saturated heterocycles. The Morgan fingerprint density at radius 2 is 1.65 bits per heavy atom. The van der Waals surface area contributed by atoms with Crippen molar-refractivity contribution in [3.63, 3.8) is 0 Å². The molecule has 0 aromatic heterocycles. The Labute approximate surface area is 260 Å². The maximum Gasteiger partial charge on any atom is 0.244 e. The zero-order valence-electron chi connectivity index (χ0n) is 23.6. The second-order valence-electron chi connectivity index (χ2n) is 10.7. The first kappa shape index (κ1) is 32.7. The lowest BCUT2D eigenvalue weighted by Gasteiger charge is -2.35. The molecule has 3 aromatic rings. The van der Waals surface area contributed by atoms with E-state index in [0.29, 0.717) is 21.0 Å². The molecule has 1 aliphatic carbocycles. The Hall–Kier alpha value is -3.21. The number of halogens is 4. The zero-order valence-corrected chi connectivity index (χ0v) is 25.9. The number of carbonyl (C=O) groups is 2. The fraction of sp³-hybridized carbons (Fsp3) is 0.355. The summed E-state index contributed by atoms with van der Waals surface area (Å²) in [6.07, 6.45) is 5.69. The molecule has 230 valence electrons. The molecule has 2 amide bonds. The van der Waals surface area contributed by atoms with Crippen molar-refractivity contribution >= 4 is 50.7 Å². The number of anilines is 1. The lowest BCUT2D eigenvalue weighted by Crippen LogP contribution is -2.55. The van der Waals surface area contributed by atoms with Crippen molar-refractivity contribution in [2.75, 3.05) is 17.1 Å². The molecule has 12 heteroatoms. The second kappa shape index (κ2) is 14.5. The van der Waals surface area contributed by atoms with E-state index in [0.717, 1.165) is 56.1 Å². The summed E-state index contributed by atoms with van der Waals surface area (Å²) < 4.78 is 54.1. The van der Waals surface area contributed by atoms with Crippen molar-refractivity contribution in [1.29, 1.82) is 0 Å². The highest BCUT2D eigenvalue weighted by Crippen LogP contribution is 2.26. The summed E-state index contributed by atoms with van der Waals surface area (Å²) in [5.74, 6) is -3.55. The van der Waals surface area contributed by atoms with E-state index in [4.69, 9.17) is 23.2 Å². The summed E-state index contributed by atoms with van der Waals surface area (Å²) in [6.45, 7) is -0.906. The van der Waals surface area contributed by atoms with Crippen LogP contribution >= 0.6 is 23.2 Å². The Balaban J connectivity index is 1.75. The first-order valence-electron chi connectivity index (χ1n) is 13.9. The number of carbonyl (C=O) groups excluding carboxylic acids is 2. The normalized spacial score (nSPS) is 14.6. The molecule has 1 unspecified atom stereocenters. The molecule has 1 aliphatic rings. The molecule has 1 N–H and O–H groups in total. The predicted molar refractivity (Wildman–Crippen MR) is 165 cm³/mol. The van der Waals surface area contributed by atoms with E-state index >= 15 is 0 Å². The van der Waals surface area contributed by atoms with Crippen molar-refractivity contribution in [3.05, 3.63) is 99.5 Å². The summed E-state index contributed by atoms with van der Waals surface area (Å²) in [4.78, 5) is 29.4. The minimum absolute atomic E-state index is 0.0506. The summed E-state index contributed by atoms with van der Waals surface area (Å²) in [7, 11) is -4.14. The van der Waals surface area contributed by atoms with Gasteiger partial charge in [-0.05, 0) is 48.2 Å². The third-order valence-electron chi connectivity index (χ3n) is 7.45. The van der Waals surface area contributed by atoms with Crippen LogP contribution in [0.25, 0.3) is 0 Å². The predicted octanol–water partition coefficient (Wildman–Crippen LogP) is 6.13. The largest absolute Gasteiger partial charge is 0.352 e. The Morgan fingerprint density at radius 3 is 2.28 bits per heavy atom. The van der Waals surface area contributed by atoms with Gasteiger partial charge in [-0.15, -0.1) is 0 Å². The molecule has 4 rings (SSSR count). The smallest absolute Gasteiger partial charge is 0.244 e. The summed E-state index contributed by atoms with van der Waals surface area (Å²) in [5, 5.41) is 3.74. The van der Waals surface area contributed by atoms with Crippen molar-refractivity contribution in [2.45, 2.75) is 57.2 Å². The number of nitrogens with one attached hydrogen (secondary N) is 1. The average Bonchev–Trinajstić information content (AvgIpc) is 2.96. The van der Waals surface area contributed by atoms with Crippen LogP contribution in [0.15, 0.2) is 66.7 Å². The van der Waals surface area contributed by atoms with Crippen LogP contribution in [0.2, 0.25) is 10.0 Å². The fourth-order valence-electron chi connectivity index (χ4n) is 5.19. The topological polar surface area (TPSA) is 86.8 Å². The number of amides is 2. The van der Waals surface area contributed by atoms with E-state index in [2.05, 4.69) is 5.32 Å². The van der Waals surface area contributed by atoms with Gasteiger partial charge in [-0.2, -0.15) is 0 Å². The van der Waals surface area contributed by atoms with Gasteiger partial charge in [-0.1, -0.05) is 78.9 Å². The highest BCUT2D eigenvalue weighted by Gasteiger charge is 2.34. The molecule has 1 saturated carbocycles. The molecular weight excluding hydrogens is 619 g/mol. The first-order valence-corrected chi connectivity index (χ1v) is 16.5. The van der Waals surface area contributed by atoms with Crippen LogP contribution in [0.1, 0.15) is 43.2 Å². The molecular formula is C31H33Cl2F2N3O4S. The van der Waals surface area contributed by atoms with Gasteiger partial charge < -0.3 is 10.2 Å². The molecule has 0 heterocycles. The van der Waals surface area contributed by atoms with Crippen LogP contribution in [0.3, 0.4) is 0 Å². The van der Waals surface area contributed by atoms with Crippen molar-refractivity contribution in [1.82, 2.24) is 10.2 Å². The lowest BCUT2D eigenvalue weighted by molar-refractivity contribution is -0.140. The van der Waals surface area contributed by atoms with Gasteiger partial charge in [0.2, 0.25) is 21.8 Å². The Bertz CT molecular complexity index is 1550. The van der Waals surface area contributed by atoms with Gasteiger partial charge in [-0.25, -0.2) is 17.2 Å². The van der Waals surface area contributed by atoms with Crippen LogP contribution in [0.4, 0.5) is 14.5 Å². The quantitative estimate of drug-likeness (QED) is 0.270. The minimum atomic E-state index is -4.14. The van der Waals surface area contributed by atoms with Gasteiger partial charge in [0.15, 0.2) is 11.6 Å². The molecule has 3 aromatic carbocycles. The number of rotatable bonds is 11. The number of hydrogen-bond acceptors (Lipinski definition) is 4. The molecule has 1 fully saturated rings. The SMILES string of the molecule is CS(=O)(=O)N(CC(=O)N(Cc1ccc(Cl)cc1Cl)C(Cc1ccccc1)C(=O)NC1CCCCC1)c1ccc(F)c(F)c1. The molecule has 43 heavy (non-hydrogen) atoms. The molecule has 1 atom stereocenters. The van der Waals surface area contributed by atoms with Crippen LogP contribution < -0.4 is 9.62 Å². The van der Waals surface area contributed by atoms with Crippen LogP contribution in [-0.2, 0) is 32.6 Å². The number of sulfonamides is 1. The highest BCUT2D eigenvalue weighted by molar-refractivity contribution is 7.92. The molecule has 0 bridgehead atoms. The maximum atomic E-state index is 14.1. The molecule has 0 radical (unpaired) electrons. The van der Waals surface area contributed by atoms with E-state index in [9.17, 15) is 26.8 Å². The number of benzene rings is 3. The molecule has 7 nitrogen and oxygen atoms in total. The van der Waals surface area contributed by atoms with E-state index in [1.165, 1.54) is 11.0 Å². The van der Waals surface area contributed by atoms with Crippen LogP contribution in [0, 0.1) is 11.6 Å². The van der Waals surface area contributed by atoms with Gasteiger partial charge in [-0.3, -0.25) is 13.9 Å². The van der Waals surface area contributed by atoms with E-state index in [-0.39, 0.29) is 35.6 Å². The Kier molecular flexibility index (Phi) is 11.0. The zero-order chi connectivity index (χ0) is 31.1. The maximum absolute atomic E-state index is 14.1. The number of hydrogen-bond donors (Lipinski definition) is 1. The Morgan fingerprint density at radius 1 is 0.953 bits per heavy atom. The van der Waals surface area contributed by atoms with Crippen molar-refractivity contribution in [2.24, 2.45) is 0 Å². The van der Waals surface area contributed by atoms with Crippen molar-refractivity contribution in [3.8, 4) is 0 Å². The number of nitrogens with zero attached hydrogens (tertiary/aromatic N) is 2. The van der Waals surface area contributed by atoms with E-state index < -0.39 is 40.2 Å². The summed E-state index contributed by atoms with van der Waals surface area (Å²) in [6, 6.07) is 15.4. The molecule has 0 aliphatic heterocycles. The third-order valence-corrected chi connectivity index (χ3v) is 9.18. The van der Waals surface area contributed by atoms with Crippen molar-refractivity contribution < 1.29 is 26.8 Å². The average molecular weight is 653 g/mol. The van der Waals surface area contributed by atoms with Gasteiger partial charge >= 0.3 is 0 Å². The van der Waals surface area contributed by atoms with Crippen LogP contribution in [0.5, 0.6) is 0 Å². The van der Waals surface area contributed by atoms with Gasteiger partial charge in [0.05, 0.1) is 11.9 Å². The van der Waals surface area contributed by atoms with Gasteiger partial charge in [0, 0.05) is 35.1 Å². The minimum Gasteiger partial charge on any atom is -0.352 e. The third kappa shape index (κ3) is 8.90. The van der Waals surface area contributed by atoms with Gasteiger partial charge in [0.25, 0.3) is 0 Å². The second-order valence-corrected chi connectivity index (χ2v) is 13.4. The van der Waals surface area contributed by atoms with E-state index in [1.54, 1.807) is 12.1 Å². The first-order chi connectivity index (χ1) is 20.4. The monoisotopic (exact) mass is 651 g/mol. The highest BCUT2D eigenvalue weighted by atomic mass is 35.5. The van der Waals surface area contributed by atoms with E-state index in [1.807, 2.05) is 30.3 Å². The lowest BCUT2D eigenvalue weighted by atomic mass is 9.94. The fourth-order valence-corrected chi connectivity index (χ4v) is 6.50.